The van der Waals surface area contributed by atoms with Crippen LogP contribution in [0.4, 0.5) is 23.7 Å². The maximum absolute atomic E-state index is 12.9. The first kappa shape index (κ1) is 23.9. The van der Waals surface area contributed by atoms with Crippen LogP contribution in [0.1, 0.15) is 15.9 Å². The van der Waals surface area contributed by atoms with Crippen molar-refractivity contribution >= 4 is 29.4 Å². The average Bonchev–Trinajstić information content (AvgIpc) is 2.79. The zero-order valence-corrected chi connectivity index (χ0v) is 18.2. The van der Waals surface area contributed by atoms with Crippen molar-refractivity contribution in [1.29, 1.82) is 0 Å². The van der Waals surface area contributed by atoms with Crippen molar-refractivity contribution < 1.29 is 32.2 Å². The molecule has 3 aromatic rings. The molecule has 0 aliphatic rings. The summed E-state index contributed by atoms with van der Waals surface area (Å²) in [5, 5.41) is 5.07. The van der Waals surface area contributed by atoms with E-state index in [9.17, 15) is 22.8 Å². The van der Waals surface area contributed by atoms with Crippen molar-refractivity contribution in [2.75, 3.05) is 19.5 Å². The Morgan fingerprint density at radius 3 is 2.21 bits per heavy atom. The van der Waals surface area contributed by atoms with E-state index in [0.29, 0.717) is 9.92 Å². The Labute approximate surface area is 191 Å². The molecule has 1 heterocycles. The SMILES string of the molecule is COc1cccc(OC)c1C(=O)NC(=O)Nc1ccc(Sc2cccc(C(F)(F)F)c2)nc1. The van der Waals surface area contributed by atoms with Crippen LogP contribution < -0.4 is 20.1 Å². The second kappa shape index (κ2) is 10.3. The van der Waals surface area contributed by atoms with Crippen molar-refractivity contribution in [3.63, 3.8) is 0 Å². The normalized spacial score (nSPS) is 10.9. The Kier molecular flexibility index (Phi) is 7.44. The molecule has 1 aromatic heterocycles. The van der Waals surface area contributed by atoms with Crippen LogP contribution in [0, 0.1) is 0 Å². The minimum absolute atomic E-state index is 0.0589. The number of nitrogens with one attached hydrogen (secondary N) is 2. The molecule has 0 bridgehead atoms. The molecule has 0 saturated heterocycles. The number of imide groups is 1. The zero-order valence-electron chi connectivity index (χ0n) is 17.4. The molecule has 0 aliphatic heterocycles. The number of benzene rings is 2. The van der Waals surface area contributed by atoms with E-state index >= 15 is 0 Å². The molecule has 7 nitrogen and oxygen atoms in total. The molecule has 0 spiro atoms. The highest BCUT2D eigenvalue weighted by Crippen LogP contribution is 2.34. The molecular formula is C22H18F3N3O4S. The summed E-state index contributed by atoms with van der Waals surface area (Å²) in [4.78, 5) is 29.3. The van der Waals surface area contributed by atoms with Crippen LogP contribution in [0.3, 0.4) is 0 Å². The first-order chi connectivity index (χ1) is 15.7. The third-order valence-corrected chi connectivity index (χ3v) is 5.20. The van der Waals surface area contributed by atoms with Crippen LogP contribution in [0.2, 0.25) is 0 Å². The topological polar surface area (TPSA) is 89.5 Å². The van der Waals surface area contributed by atoms with Gasteiger partial charge in [-0.1, -0.05) is 23.9 Å². The van der Waals surface area contributed by atoms with Gasteiger partial charge in [0.25, 0.3) is 5.91 Å². The lowest BCUT2D eigenvalue weighted by Crippen LogP contribution is -2.34. The summed E-state index contributed by atoms with van der Waals surface area (Å²) >= 11 is 1.04. The first-order valence-electron chi connectivity index (χ1n) is 9.35. The Morgan fingerprint density at radius 2 is 1.64 bits per heavy atom. The maximum atomic E-state index is 12.9. The van der Waals surface area contributed by atoms with Crippen LogP contribution in [0.15, 0.2) is 70.7 Å². The van der Waals surface area contributed by atoms with Gasteiger partial charge in [-0.25, -0.2) is 9.78 Å². The van der Waals surface area contributed by atoms with Gasteiger partial charge in [-0.15, -0.1) is 0 Å². The minimum atomic E-state index is -4.43. The van der Waals surface area contributed by atoms with E-state index in [-0.39, 0.29) is 22.7 Å². The average molecular weight is 477 g/mol. The fourth-order valence-corrected chi connectivity index (χ4v) is 3.59. The van der Waals surface area contributed by atoms with E-state index in [1.165, 1.54) is 38.6 Å². The molecule has 0 aliphatic carbocycles. The van der Waals surface area contributed by atoms with E-state index in [2.05, 4.69) is 15.6 Å². The van der Waals surface area contributed by atoms with Gasteiger partial charge >= 0.3 is 12.2 Å². The van der Waals surface area contributed by atoms with E-state index in [4.69, 9.17) is 9.47 Å². The van der Waals surface area contributed by atoms with Gasteiger partial charge < -0.3 is 14.8 Å². The molecule has 3 rings (SSSR count). The van der Waals surface area contributed by atoms with Gasteiger partial charge in [0.2, 0.25) is 0 Å². The number of pyridine rings is 1. The Bertz CT molecular complexity index is 1130. The van der Waals surface area contributed by atoms with E-state index < -0.39 is 23.7 Å². The molecule has 33 heavy (non-hydrogen) atoms. The van der Waals surface area contributed by atoms with Crippen molar-refractivity contribution in [2.24, 2.45) is 0 Å². The number of hydrogen-bond donors (Lipinski definition) is 2. The molecule has 172 valence electrons. The standard InChI is InChI=1S/C22H18F3N3O4S/c1-31-16-7-4-8-17(32-2)19(16)20(29)28-21(30)27-14-9-10-18(26-12-14)33-15-6-3-5-13(11-15)22(23,24)25/h3-12H,1-2H3,(H2,27,28,29,30). The zero-order chi connectivity index (χ0) is 24.0. The van der Waals surface area contributed by atoms with E-state index in [0.717, 1.165) is 23.9 Å². The number of amides is 3. The summed E-state index contributed by atoms with van der Waals surface area (Å²) in [7, 11) is 2.77. The first-order valence-corrected chi connectivity index (χ1v) is 10.2. The highest BCUT2D eigenvalue weighted by Gasteiger charge is 2.30. The fourth-order valence-electron chi connectivity index (χ4n) is 2.77. The Morgan fingerprint density at radius 1 is 0.970 bits per heavy atom. The van der Waals surface area contributed by atoms with Crippen molar-refractivity contribution in [3.8, 4) is 11.5 Å². The summed E-state index contributed by atoms with van der Waals surface area (Å²) in [5.74, 6) is -0.263. The molecule has 0 saturated carbocycles. The summed E-state index contributed by atoms with van der Waals surface area (Å²) in [5.41, 5.74) is -0.414. The molecule has 3 amide bonds. The predicted octanol–water partition coefficient (Wildman–Crippen LogP) is 5.23. The molecule has 0 atom stereocenters. The van der Waals surface area contributed by atoms with Crippen LogP contribution >= 0.6 is 11.8 Å². The van der Waals surface area contributed by atoms with Gasteiger partial charge in [-0.3, -0.25) is 10.1 Å². The van der Waals surface area contributed by atoms with Gasteiger partial charge in [-0.2, -0.15) is 13.2 Å². The predicted molar refractivity (Wildman–Crippen MR) is 116 cm³/mol. The molecule has 2 aromatic carbocycles. The third-order valence-electron chi connectivity index (χ3n) is 4.26. The minimum Gasteiger partial charge on any atom is -0.496 e. The fraction of sp³-hybridized carbons (Fsp3) is 0.136. The number of carbonyl (C=O) groups is 2. The number of aromatic nitrogens is 1. The molecule has 11 heteroatoms. The summed E-state index contributed by atoms with van der Waals surface area (Å²) < 4.78 is 48.9. The summed E-state index contributed by atoms with van der Waals surface area (Å²) in [6.07, 6.45) is -3.11. The van der Waals surface area contributed by atoms with Crippen LogP contribution in [0.25, 0.3) is 0 Å². The van der Waals surface area contributed by atoms with Crippen molar-refractivity contribution in [1.82, 2.24) is 10.3 Å². The van der Waals surface area contributed by atoms with Crippen molar-refractivity contribution in [3.05, 3.63) is 71.9 Å². The van der Waals surface area contributed by atoms with Gasteiger partial charge in [0.15, 0.2) is 0 Å². The largest absolute Gasteiger partial charge is 0.496 e. The number of urea groups is 1. The Balaban J connectivity index is 1.64. The third kappa shape index (κ3) is 6.16. The molecule has 0 unspecified atom stereocenters. The number of halogens is 3. The van der Waals surface area contributed by atoms with Crippen molar-refractivity contribution in [2.45, 2.75) is 16.1 Å². The second-order valence-electron chi connectivity index (χ2n) is 6.46. The number of carbonyl (C=O) groups excluding carboxylic acids is 2. The lowest BCUT2D eigenvalue weighted by atomic mass is 10.1. The number of hydrogen-bond acceptors (Lipinski definition) is 6. The quantitative estimate of drug-likeness (QED) is 0.505. The number of anilines is 1. The number of nitrogens with zero attached hydrogens (tertiary/aromatic N) is 1. The smallest absolute Gasteiger partial charge is 0.416 e. The molecule has 0 fully saturated rings. The number of methoxy groups -OCH3 is 2. The molecule has 2 N–H and O–H groups in total. The highest BCUT2D eigenvalue weighted by atomic mass is 32.2. The Hall–Kier alpha value is -3.73. The van der Waals surface area contributed by atoms with E-state index in [1.54, 1.807) is 24.3 Å². The van der Waals surface area contributed by atoms with E-state index in [1.807, 2.05) is 0 Å². The van der Waals surface area contributed by atoms with Crippen LogP contribution in [-0.2, 0) is 6.18 Å². The molecular weight excluding hydrogens is 459 g/mol. The summed E-state index contributed by atoms with van der Waals surface area (Å²) in [6.45, 7) is 0. The lowest BCUT2D eigenvalue weighted by molar-refractivity contribution is -0.137. The number of ether oxygens (including phenoxy) is 2. The lowest BCUT2D eigenvalue weighted by Gasteiger charge is -2.13. The molecule has 0 radical (unpaired) electrons. The van der Waals surface area contributed by atoms with Gasteiger partial charge in [0.1, 0.15) is 22.1 Å². The monoisotopic (exact) mass is 477 g/mol. The van der Waals surface area contributed by atoms with Gasteiger partial charge in [-0.05, 0) is 42.5 Å². The maximum Gasteiger partial charge on any atom is 0.416 e. The second-order valence-corrected chi connectivity index (χ2v) is 7.55. The number of alkyl halides is 3. The summed E-state index contributed by atoms with van der Waals surface area (Å²) in [6, 6.07) is 11.9. The van der Waals surface area contributed by atoms with Gasteiger partial charge in [0.05, 0.1) is 31.7 Å². The number of rotatable bonds is 6. The van der Waals surface area contributed by atoms with Gasteiger partial charge in [0, 0.05) is 4.90 Å². The van der Waals surface area contributed by atoms with Crippen LogP contribution in [-0.4, -0.2) is 31.1 Å². The highest BCUT2D eigenvalue weighted by molar-refractivity contribution is 7.99. The van der Waals surface area contributed by atoms with Crippen LogP contribution in [0.5, 0.6) is 11.5 Å².